The fraction of sp³-hybridized carbons (Fsp3) is 0.412. The molecular formula is C17H21ClN4O2. The van der Waals surface area contributed by atoms with Crippen LogP contribution in [0.5, 0.6) is 0 Å². The van der Waals surface area contributed by atoms with Crippen molar-refractivity contribution < 1.29 is 9.53 Å². The lowest BCUT2D eigenvalue weighted by molar-refractivity contribution is 0.113. The van der Waals surface area contributed by atoms with Gasteiger partial charge in [-0.3, -0.25) is 0 Å². The summed E-state index contributed by atoms with van der Waals surface area (Å²) < 4.78 is 7.10. The van der Waals surface area contributed by atoms with Crippen LogP contribution in [-0.4, -0.2) is 47.0 Å². The lowest BCUT2D eigenvalue weighted by Gasteiger charge is -2.16. The minimum Gasteiger partial charge on any atom is -0.381 e. The number of likely N-dealkylation sites (tertiary alicyclic amines) is 1. The van der Waals surface area contributed by atoms with E-state index in [1.165, 1.54) is 0 Å². The molecule has 1 aliphatic rings. The molecule has 7 heteroatoms. The third-order valence-electron chi connectivity index (χ3n) is 4.06. The van der Waals surface area contributed by atoms with E-state index in [1.54, 1.807) is 23.1 Å². The summed E-state index contributed by atoms with van der Waals surface area (Å²) in [4.78, 5) is 14.2. The molecule has 1 unspecified atom stereocenters. The Labute approximate surface area is 146 Å². The van der Waals surface area contributed by atoms with Crippen molar-refractivity contribution in [3.8, 4) is 5.69 Å². The van der Waals surface area contributed by atoms with Gasteiger partial charge in [-0.25, -0.2) is 9.48 Å². The van der Waals surface area contributed by atoms with Crippen LogP contribution in [0, 0.1) is 5.92 Å². The largest absolute Gasteiger partial charge is 0.381 e. The molecule has 24 heavy (non-hydrogen) atoms. The molecular weight excluding hydrogens is 328 g/mol. The van der Waals surface area contributed by atoms with Gasteiger partial charge in [0, 0.05) is 25.6 Å². The first kappa shape index (κ1) is 16.8. The lowest BCUT2D eigenvalue weighted by atomic mass is 10.1. The second-order valence-electron chi connectivity index (χ2n) is 5.82. The van der Waals surface area contributed by atoms with E-state index in [9.17, 15) is 4.79 Å². The van der Waals surface area contributed by atoms with E-state index in [0.29, 0.717) is 29.8 Å². The standard InChI is InChI=1S/C17H21ClN4O2/c1-2-24-12-13-7-8-21(10-13)17(23)20-14-9-19-22(11-14)16-6-4-3-5-15(16)18/h3-6,9,11,13H,2,7-8,10,12H2,1H3,(H,20,23). The summed E-state index contributed by atoms with van der Waals surface area (Å²) in [7, 11) is 0. The normalized spacial score (nSPS) is 17.2. The van der Waals surface area contributed by atoms with Gasteiger partial charge in [0.1, 0.15) is 0 Å². The van der Waals surface area contributed by atoms with Gasteiger partial charge in [0.2, 0.25) is 0 Å². The molecule has 6 nitrogen and oxygen atoms in total. The Morgan fingerprint density at radius 1 is 1.46 bits per heavy atom. The number of hydrogen-bond acceptors (Lipinski definition) is 3. The van der Waals surface area contributed by atoms with Crippen LogP contribution in [0.15, 0.2) is 36.7 Å². The van der Waals surface area contributed by atoms with Crippen molar-refractivity contribution in [2.24, 2.45) is 5.92 Å². The summed E-state index contributed by atoms with van der Waals surface area (Å²) in [6, 6.07) is 7.33. The number of nitrogens with one attached hydrogen (secondary N) is 1. The Balaban J connectivity index is 1.59. The van der Waals surface area contributed by atoms with E-state index in [1.807, 2.05) is 30.0 Å². The van der Waals surface area contributed by atoms with Crippen LogP contribution < -0.4 is 5.32 Å². The van der Waals surface area contributed by atoms with Gasteiger partial charge >= 0.3 is 6.03 Å². The molecule has 1 saturated heterocycles. The number of rotatable bonds is 5. The number of urea groups is 1. The van der Waals surface area contributed by atoms with Crippen LogP contribution in [0.1, 0.15) is 13.3 Å². The number of halogens is 1. The molecule has 1 atom stereocenters. The Bertz CT molecular complexity index is 703. The SMILES string of the molecule is CCOCC1CCN(C(=O)Nc2cnn(-c3ccccc3Cl)c2)C1. The molecule has 0 aliphatic carbocycles. The van der Waals surface area contributed by atoms with Crippen molar-refractivity contribution in [2.45, 2.75) is 13.3 Å². The second kappa shape index (κ2) is 7.68. The number of aromatic nitrogens is 2. The van der Waals surface area contributed by atoms with Gasteiger partial charge in [-0.05, 0) is 25.5 Å². The van der Waals surface area contributed by atoms with Gasteiger partial charge < -0.3 is 15.0 Å². The summed E-state index contributed by atoms with van der Waals surface area (Å²) in [5.41, 5.74) is 1.42. The molecule has 1 N–H and O–H groups in total. The molecule has 0 bridgehead atoms. The highest BCUT2D eigenvalue weighted by atomic mass is 35.5. The Morgan fingerprint density at radius 3 is 3.08 bits per heavy atom. The number of hydrogen-bond donors (Lipinski definition) is 1. The average Bonchev–Trinajstić information content (AvgIpc) is 3.23. The highest BCUT2D eigenvalue weighted by Gasteiger charge is 2.26. The molecule has 2 aromatic rings. The van der Waals surface area contributed by atoms with Crippen LogP contribution in [0.3, 0.4) is 0 Å². The molecule has 2 heterocycles. The van der Waals surface area contributed by atoms with E-state index < -0.39 is 0 Å². The van der Waals surface area contributed by atoms with Crippen LogP contribution in [-0.2, 0) is 4.74 Å². The third kappa shape index (κ3) is 3.88. The Hall–Kier alpha value is -2.05. The van der Waals surface area contributed by atoms with Crippen molar-refractivity contribution in [2.75, 3.05) is 31.6 Å². The summed E-state index contributed by atoms with van der Waals surface area (Å²) in [5.74, 6) is 0.418. The molecule has 128 valence electrons. The molecule has 2 amide bonds. The molecule has 1 fully saturated rings. The average molecular weight is 349 g/mol. The zero-order valence-corrected chi connectivity index (χ0v) is 14.4. The summed E-state index contributed by atoms with van der Waals surface area (Å²) >= 11 is 6.17. The third-order valence-corrected chi connectivity index (χ3v) is 4.38. The molecule has 0 saturated carbocycles. The van der Waals surface area contributed by atoms with E-state index in [0.717, 1.165) is 25.2 Å². The molecule has 0 spiro atoms. The Kier molecular flexibility index (Phi) is 5.37. The number of ether oxygens (including phenoxy) is 1. The number of nitrogens with zero attached hydrogens (tertiary/aromatic N) is 3. The number of carbonyl (C=O) groups is 1. The minimum atomic E-state index is -0.104. The maximum absolute atomic E-state index is 12.4. The van der Waals surface area contributed by atoms with Gasteiger partial charge in [-0.15, -0.1) is 0 Å². The van der Waals surface area contributed by atoms with E-state index in [4.69, 9.17) is 16.3 Å². The molecule has 0 radical (unpaired) electrons. The first-order valence-electron chi connectivity index (χ1n) is 8.10. The topological polar surface area (TPSA) is 59.4 Å². The van der Waals surface area contributed by atoms with Crippen molar-refractivity contribution in [3.05, 3.63) is 41.7 Å². The monoisotopic (exact) mass is 348 g/mol. The zero-order chi connectivity index (χ0) is 16.9. The lowest BCUT2D eigenvalue weighted by Crippen LogP contribution is -2.33. The van der Waals surface area contributed by atoms with Gasteiger partial charge in [-0.2, -0.15) is 5.10 Å². The van der Waals surface area contributed by atoms with Gasteiger partial charge in [0.05, 0.1) is 35.4 Å². The van der Waals surface area contributed by atoms with Crippen LogP contribution in [0.4, 0.5) is 10.5 Å². The van der Waals surface area contributed by atoms with Crippen LogP contribution >= 0.6 is 11.6 Å². The number of benzene rings is 1. The summed E-state index contributed by atoms with van der Waals surface area (Å²) in [6.07, 6.45) is 4.36. The quantitative estimate of drug-likeness (QED) is 0.900. The molecule has 1 aromatic carbocycles. The first-order valence-corrected chi connectivity index (χ1v) is 8.48. The second-order valence-corrected chi connectivity index (χ2v) is 6.22. The van der Waals surface area contributed by atoms with E-state index in [2.05, 4.69) is 10.4 Å². The Morgan fingerprint density at radius 2 is 2.29 bits per heavy atom. The fourth-order valence-electron chi connectivity index (χ4n) is 2.80. The van der Waals surface area contributed by atoms with Crippen molar-refractivity contribution >= 4 is 23.3 Å². The number of anilines is 1. The predicted molar refractivity (Wildman–Crippen MR) is 93.8 cm³/mol. The number of amides is 2. The molecule has 3 rings (SSSR count). The van der Waals surface area contributed by atoms with E-state index in [-0.39, 0.29) is 6.03 Å². The zero-order valence-electron chi connectivity index (χ0n) is 13.6. The maximum atomic E-state index is 12.4. The fourth-order valence-corrected chi connectivity index (χ4v) is 3.02. The van der Waals surface area contributed by atoms with Gasteiger partial charge in [0.15, 0.2) is 0 Å². The van der Waals surface area contributed by atoms with Crippen LogP contribution in [0.2, 0.25) is 5.02 Å². The highest BCUT2D eigenvalue weighted by molar-refractivity contribution is 6.32. The molecule has 1 aliphatic heterocycles. The smallest absolute Gasteiger partial charge is 0.321 e. The highest BCUT2D eigenvalue weighted by Crippen LogP contribution is 2.21. The summed E-state index contributed by atoms with van der Waals surface area (Å²) in [5, 5.41) is 7.76. The van der Waals surface area contributed by atoms with Crippen molar-refractivity contribution in [3.63, 3.8) is 0 Å². The van der Waals surface area contributed by atoms with Crippen LogP contribution in [0.25, 0.3) is 5.69 Å². The number of para-hydroxylation sites is 1. The van der Waals surface area contributed by atoms with E-state index >= 15 is 0 Å². The minimum absolute atomic E-state index is 0.104. The number of carbonyl (C=O) groups excluding carboxylic acids is 1. The van der Waals surface area contributed by atoms with Gasteiger partial charge in [-0.1, -0.05) is 23.7 Å². The molecule has 1 aromatic heterocycles. The maximum Gasteiger partial charge on any atom is 0.321 e. The summed E-state index contributed by atoms with van der Waals surface area (Å²) in [6.45, 7) is 4.89. The van der Waals surface area contributed by atoms with Gasteiger partial charge in [0.25, 0.3) is 0 Å². The van der Waals surface area contributed by atoms with Crippen molar-refractivity contribution in [1.82, 2.24) is 14.7 Å². The predicted octanol–water partition coefficient (Wildman–Crippen LogP) is 3.42. The first-order chi connectivity index (χ1) is 11.7. The van der Waals surface area contributed by atoms with Crippen molar-refractivity contribution in [1.29, 1.82) is 0 Å².